The van der Waals surface area contributed by atoms with Crippen LogP contribution < -0.4 is 10.1 Å². The van der Waals surface area contributed by atoms with Gasteiger partial charge in [-0.05, 0) is 35.9 Å². The number of benzene rings is 2. The molecular formula is C17H13Cl2FN2OS. The molecule has 124 valence electrons. The number of hydrogen-bond donors (Lipinski definition) is 1. The molecule has 0 saturated carbocycles. The summed E-state index contributed by atoms with van der Waals surface area (Å²) in [7, 11) is 0. The zero-order valence-corrected chi connectivity index (χ0v) is 14.8. The van der Waals surface area contributed by atoms with Crippen molar-refractivity contribution >= 4 is 40.2 Å². The lowest BCUT2D eigenvalue weighted by Crippen LogP contribution is -1.99. The van der Waals surface area contributed by atoms with Crippen LogP contribution in [0, 0.1) is 5.82 Å². The van der Waals surface area contributed by atoms with E-state index in [1.807, 2.05) is 6.07 Å². The minimum Gasteiger partial charge on any atom is -0.487 e. The molecule has 1 heterocycles. The number of halogens is 3. The minimum atomic E-state index is -0.287. The Labute approximate surface area is 153 Å². The van der Waals surface area contributed by atoms with Crippen LogP contribution >= 0.6 is 34.5 Å². The third-order valence-corrected chi connectivity index (χ3v) is 4.62. The zero-order chi connectivity index (χ0) is 16.9. The number of aromatic nitrogens is 1. The summed E-state index contributed by atoms with van der Waals surface area (Å²) in [6.45, 7) is 0.869. The molecule has 0 radical (unpaired) electrons. The van der Waals surface area contributed by atoms with Crippen LogP contribution in [0.3, 0.4) is 0 Å². The SMILES string of the molecule is Fc1cccc(COc2ccc(NCc3cnc(Cl)s3)cc2Cl)c1. The smallest absolute Gasteiger partial charge is 0.183 e. The van der Waals surface area contributed by atoms with E-state index in [9.17, 15) is 4.39 Å². The van der Waals surface area contributed by atoms with E-state index >= 15 is 0 Å². The van der Waals surface area contributed by atoms with Crippen LogP contribution in [-0.2, 0) is 13.2 Å². The van der Waals surface area contributed by atoms with E-state index in [-0.39, 0.29) is 12.4 Å². The molecule has 24 heavy (non-hydrogen) atoms. The van der Waals surface area contributed by atoms with Crippen molar-refractivity contribution in [2.24, 2.45) is 0 Å². The van der Waals surface area contributed by atoms with Crippen LogP contribution in [0.1, 0.15) is 10.4 Å². The lowest BCUT2D eigenvalue weighted by atomic mass is 10.2. The summed E-state index contributed by atoms with van der Waals surface area (Å²) in [5, 5.41) is 3.73. The Hall–Kier alpha value is -1.82. The molecule has 0 saturated heterocycles. The number of nitrogens with zero attached hydrogens (tertiary/aromatic N) is 1. The van der Waals surface area contributed by atoms with Gasteiger partial charge in [0.2, 0.25) is 0 Å². The highest BCUT2D eigenvalue weighted by atomic mass is 35.5. The van der Waals surface area contributed by atoms with Gasteiger partial charge in [0.25, 0.3) is 0 Å². The van der Waals surface area contributed by atoms with Gasteiger partial charge in [-0.25, -0.2) is 9.37 Å². The van der Waals surface area contributed by atoms with Gasteiger partial charge in [0.05, 0.1) is 11.6 Å². The van der Waals surface area contributed by atoms with E-state index in [1.165, 1.54) is 23.5 Å². The summed E-state index contributed by atoms with van der Waals surface area (Å²) < 4.78 is 19.3. The minimum absolute atomic E-state index is 0.254. The number of hydrogen-bond acceptors (Lipinski definition) is 4. The van der Waals surface area contributed by atoms with Gasteiger partial charge in [-0.15, -0.1) is 11.3 Å². The highest BCUT2D eigenvalue weighted by molar-refractivity contribution is 7.15. The van der Waals surface area contributed by atoms with Crippen molar-refractivity contribution in [1.29, 1.82) is 0 Å². The molecule has 3 nitrogen and oxygen atoms in total. The van der Waals surface area contributed by atoms with Crippen LogP contribution in [-0.4, -0.2) is 4.98 Å². The first kappa shape index (κ1) is 17.0. The Morgan fingerprint density at radius 3 is 2.75 bits per heavy atom. The summed E-state index contributed by atoms with van der Waals surface area (Å²) >= 11 is 13.5. The van der Waals surface area contributed by atoms with Gasteiger partial charge in [0.1, 0.15) is 18.2 Å². The van der Waals surface area contributed by atoms with E-state index in [1.54, 1.807) is 30.5 Å². The second-order valence-electron chi connectivity index (χ2n) is 5.00. The Morgan fingerprint density at radius 1 is 1.17 bits per heavy atom. The fraction of sp³-hybridized carbons (Fsp3) is 0.118. The van der Waals surface area contributed by atoms with E-state index < -0.39 is 0 Å². The highest BCUT2D eigenvalue weighted by Gasteiger charge is 2.05. The molecule has 3 aromatic rings. The molecule has 0 fully saturated rings. The van der Waals surface area contributed by atoms with E-state index in [0.29, 0.717) is 21.8 Å². The van der Waals surface area contributed by atoms with Crippen LogP contribution in [0.2, 0.25) is 9.49 Å². The predicted octanol–water partition coefficient (Wildman–Crippen LogP) is 5.78. The number of nitrogens with one attached hydrogen (secondary N) is 1. The van der Waals surface area contributed by atoms with Crippen LogP contribution in [0.5, 0.6) is 5.75 Å². The van der Waals surface area contributed by atoms with Crippen molar-refractivity contribution in [1.82, 2.24) is 4.98 Å². The first-order valence-corrected chi connectivity index (χ1v) is 8.68. The number of rotatable bonds is 6. The molecule has 0 aliphatic carbocycles. The molecule has 7 heteroatoms. The fourth-order valence-electron chi connectivity index (χ4n) is 2.07. The summed E-state index contributed by atoms with van der Waals surface area (Å²) in [4.78, 5) is 5.02. The first-order chi connectivity index (χ1) is 11.6. The lowest BCUT2D eigenvalue weighted by Gasteiger charge is -2.11. The van der Waals surface area contributed by atoms with Gasteiger partial charge in [-0.3, -0.25) is 0 Å². The third kappa shape index (κ3) is 4.60. The zero-order valence-electron chi connectivity index (χ0n) is 12.4. The number of anilines is 1. The van der Waals surface area contributed by atoms with E-state index in [4.69, 9.17) is 27.9 Å². The molecule has 0 aliphatic rings. The number of ether oxygens (including phenoxy) is 1. The maximum absolute atomic E-state index is 13.1. The van der Waals surface area contributed by atoms with Crippen LogP contribution in [0.4, 0.5) is 10.1 Å². The van der Waals surface area contributed by atoms with Gasteiger partial charge in [0.15, 0.2) is 4.47 Å². The van der Waals surface area contributed by atoms with E-state index in [2.05, 4.69) is 10.3 Å². The molecule has 3 rings (SSSR count). The molecule has 0 spiro atoms. The maximum Gasteiger partial charge on any atom is 0.183 e. The Balaban J connectivity index is 1.59. The van der Waals surface area contributed by atoms with Crippen molar-refractivity contribution in [3.8, 4) is 5.75 Å². The van der Waals surface area contributed by atoms with Gasteiger partial charge in [-0.1, -0.05) is 35.3 Å². The quantitative estimate of drug-likeness (QED) is 0.586. The monoisotopic (exact) mass is 382 g/mol. The summed E-state index contributed by atoms with van der Waals surface area (Å²) in [6.07, 6.45) is 1.73. The van der Waals surface area contributed by atoms with Crippen LogP contribution in [0.15, 0.2) is 48.7 Å². The summed E-state index contributed by atoms with van der Waals surface area (Å²) in [5.74, 6) is 0.261. The molecular weight excluding hydrogens is 370 g/mol. The molecule has 2 aromatic carbocycles. The Kier molecular flexibility index (Phi) is 5.56. The average molecular weight is 383 g/mol. The Bertz CT molecular complexity index is 841. The molecule has 1 aromatic heterocycles. The maximum atomic E-state index is 13.1. The van der Waals surface area contributed by atoms with Crippen LogP contribution in [0.25, 0.3) is 0 Å². The van der Waals surface area contributed by atoms with Gasteiger partial charge in [0, 0.05) is 16.8 Å². The molecule has 0 unspecified atom stereocenters. The average Bonchev–Trinajstić information content (AvgIpc) is 2.98. The largest absolute Gasteiger partial charge is 0.487 e. The van der Waals surface area contributed by atoms with Gasteiger partial charge in [-0.2, -0.15) is 0 Å². The van der Waals surface area contributed by atoms with Gasteiger partial charge >= 0.3 is 0 Å². The second kappa shape index (κ2) is 7.83. The summed E-state index contributed by atoms with van der Waals surface area (Å²) in [6, 6.07) is 11.7. The highest BCUT2D eigenvalue weighted by Crippen LogP contribution is 2.29. The molecule has 0 aliphatic heterocycles. The van der Waals surface area contributed by atoms with Gasteiger partial charge < -0.3 is 10.1 Å². The third-order valence-electron chi connectivity index (χ3n) is 3.21. The van der Waals surface area contributed by atoms with Crippen molar-refractivity contribution in [2.45, 2.75) is 13.2 Å². The standard InChI is InChI=1S/C17H13Cl2FN2OS/c18-15-7-13(21-8-14-9-22-17(19)24-14)4-5-16(15)23-10-11-2-1-3-12(20)6-11/h1-7,9,21H,8,10H2. The fourth-order valence-corrected chi connectivity index (χ4v) is 3.22. The van der Waals surface area contributed by atoms with Crippen molar-refractivity contribution in [3.63, 3.8) is 0 Å². The molecule has 1 N–H and O–H groups in total. The number of thiazole rings is 1. The molecule has 0 amide bonds. The van der Waals surface area contributed by atoms with Crippen molar-refractivity contribution in [3.05, 3.63) is 74.4 Å². The van der Waals surface area contributed by atoms with Crippen molar-refractivity contribution in [2.75, 3.05) is 5.32 Å². The Morgan fingerprint density at radius 2 is 2.04 bits per heavy atom. The lowest BCUT2D eigenvalue weighted by molar-refractivity contribution is 0.306. The first-order valence-electron chi connectivity index (χ1n) is 7.11. The predicted molar refractivity (Wildman–Crippen MR) is 96.6 cm³/mol. The normalized spacial score (nSPS) is 10.6. The second-order valence-corrected chi connectivity index (χ2v) is 7.10. The molecule has 0 atom stereocenters. The van der Waals surface area contributed by atoms with Crippen molar-refractivity contribution < 1.29 is 9.13 Å². The molecule has 0 bridgehead atoms. The van der Waals surface area contributed by atoms with E-state index in [0.717, 1.165) is 16.1 Å². The topological polar surface area (TPSA) is 34.1 Å². The summed E-state index contributed by atoms with van der Waals surface area (Å²) in [5.41, 5.74) is 1.61.